The number of unbranched alkanes of at least 4 members (excludes halogenated alkanes) is 1. The van der Waals surface area contributed by atoms with Crippen LogP contribution in [-0.2, 0) is 11.3 Å². The molecule has 0 bridgehead atoms. The molecule has 2 rings (SSSR count). The molecule has 8 heteroatoms. The van der Waals surface area contributed by atoms with E-state index in [1.165, 1.54) is 0 Å². The van der Waals surface area contributed by atoms with E-state index in [4.69, 9.17) is 20.9 Å². The summed E-state index contributed by atoms with van der Waals surface area (Å²) in [6, 6.07) is 7.34. The van der Waals surface area contributed by atoms with E-state index in [-0.39, 0.29) is 0 Å². The lowest BCUT2D eigenvalue weighted by Crippen LogP contribution is -2.37. The van der Waals surface area contributed by atoms with Gasteiger partial charge in [-0.1, -0.05) is 28.9 Å². The number of nitrogens with zero attached hydrogens (tertiary/aromatic N) is 3. The SMILES string of the molecule is CCOCCCCNC(=NC)NCc1nc(-c2cccc(Cl)c2)no1. The summed E-state index contributed by atoms with van der Waals surface area (Å²) in [4.78, 5) is 8.53. The van der Waals surface area contributed by atoms with Crippen molar-refractivity contribution in [2.75, 3.05) is 26.8 Å². The molecule has 0 aliphatic heterocycles. The Labute approximate surface area is 152 Å². The minimum atomic E-state index is 0.395. The molecule has 0 saturated heterocycles. The number of aromatic nitrogens is 2. The van der Waals surface area contributed by atoms with Gasteiger partial charge in [-0.2, -0.15) is 4.98 Å². The van der Waals surface area contributed by atoms with E-state index >= 15 is 0 Å². The zero-order chi connectivity index (χ0) is 17.9. The minimum Gasteiger partial charge on any atom is -0.382 e. The van der Waals surface area contributed by atoms with E-state index in [9.17, 15) is 0 Å². The first-order valence-corrected chi connectivity index (χ1v) is 8.71. The smallest absolute Gasteiger partial charge is 0.246 e. The number of hydrogen-bond donors (Lipinski definition) is 2. The highest BCUT2D eigenvalue weighted by molar-refractivity contribution is 6.30. The quantitative estimate of drug-likeness (QED) is 0.404. The van der Waals surface area contributed by atoms with E-state index in [0.717, 1.165) is 38.2 Å². The highest BCUT2D eigenvalue weighted by Crippen LogP contribution is 2.19. The first-order chi connectivity index (χ1) is 12.2. The molecule has 1 aromatic heterocycles. The van der Waals surface area contributed by atoms with Crippen molar-refractivity contribution in [3.05, 3.63) is 35.2 Å². The van der Waals surface area contributed by atoms with Crippen LogP contribution in [-0.4, -0.2) is 42.9 Å². The van der Waals surface area contributed by atoms with Gasteiger partial charge in [0.15, 0.2) is 5.96 Å². The number of halogens is 1. The predicted molar refractivity (Wildman–Crippen MR) is 98.7 cm³/mol. The molecule has 0 unspecified atom stereocenters. The summed E-state index contributed by atoms with van der Waals surface area (Å²) in [5.41, 5.74) is 0.819. The van der Waals surface area contributed by atoms with Crippen LogP contribution in [0.5, 0.6) is 0 Å². The number of benzene rings is 1. The summed E-state index contributed by atoms with van der Waals surface area (Å²) in [7, 11) is 1.72. The van der Waals surface area contributed by atoms with Crippen molar-refractivity contribution in [1.29, 1.82) is 0 Å². The van der Waals surface area contributed by atoms with Crippen LogP contribution in [0.3, 0.4) is 0 Å². The highest BCUT2D eigenvalue weighted by Gasteiger charge is 2.09. The molecule has 7 nitrogen and oxygen atoms in total. The molecular weight excluding hydrogens is 342 g/mol. The minimum absolute atomic E-state index is 0.395. The van der Waals surface area contributed by atoms with Crippen LogP contribution in [0.2, 0.25) is 5.02 Å². The molecule has 0 spiro atoms. The molecule has 1 aromatic carbocycles. The second-order valence-corrected chi connectivity index (χ2v) is 5.72. The lowest BCUT2D eigenvalue weighted by Gasteiger charge is -2.10. The number of nitrogens with one attached hydrogen (secondary N) is 2. The molecule has 25 heavy (non-hydrogen) atoms. The van der Waals surface area contributed by atoms with Crippen LogP contribution < -0.4 is 10.6 Å². The molecule has 2 N–H and O–H groups in total. The Morgan fingerprint density at radius 3 is 2.96 bits per heavy atom. The van der Waals surface area contributed by atoms with Crippen molar-refractivity contribution >= 4 is 17.6 Å². The van der Waals surface area contributed by atoms with E-state index < -0.39 is 0 Å². The van der Waals surface area contributed by atoms with Crippen LogP contribution in [0.25, 0.3) is 11.4 Å². The zero-order valence-electron chi connectivity index (χ0n) is 14.6. The summed E-state index contributed by atoms with van der Waals surface area (Å²) in [6.07, 6.45) is 2.03. The topological polar surface area (TPSA) is 84.6 Å². The van der Waals surface area contributed by atoms with Crippen LogP contribution in [0.1, 0.15) is 25.7 Å². The van der Waals surface area contributed by atoms with Gasteiger partial charge in [0.2, 0.25) is 11.7 Å². The van der Waals surface area contributed by atoms with Gasteiger partial charge in [-0.3, -0.25) is 4.99 Å². The van der Waals surface area contributed by atoms with Gasteiger partial charge in [0.05, 0.1) is 6.54 Å². The van der Waals surface area contributed by atoms with Crippen molar-refractivity contribution in [3.63, 3.8) is 0 Å². The Hall–Kier alpha value is -2.12. The van der Waals surface area contributed by atoms with E-state index in [2.05, 4.69) is 25.8 Å². The lowest BCUT2D eigenvalue weighted by atomic mass is 10.2. The fourth-order valence-corrected chi connectivity index (χ4v) is 2.32. The molecule has 1 heterocycles. The maximum Gasteiger partial charge on any atom is 0.246 e. The average molecular weight is 366 g/mol. The van der Waals surface area contributed by atoms with Gasteiger partial charge in [-0.15, -0.1) is 0 Å². The zero-order valence-corrected chi connectivity index (χ0v) is 15.3. The Kier molecular flexibility index (Phi) is 8.21. The third-order valence-electron chi connectivity index (χ3n) is 3.39. The third-order valence-corrected chi connectivity index (χ3v) is 3.63. The summed E-state index contributed by atoms with van der Waals surface area (Å²) in [6.45, 7) is 4.77. The Balaban J connectivity index is 1.76. The van der Waals surface area contributed by atoms with Gasteiger partial charge in [0.25, 0.3) is 0 Å². The van der Waals surface area contributed by atoms with E-state index in [1.807, 2.05) is 19.1 Å². The van der Waals surface area contributed by atoms with Crippen molar-refractivity contribution in [3.8, 4) is 11.4 Å². The van der Waals surface area contributed by atoms with Crippen LogP contribution >= 0.6 is 11.6 Å². The normalized spacial score (nSPS) is 11.6. The largest absolute Gasteiger partial charge is 0.382 e. The van der Waals surface area contributed by atoms with Crippen molar-refractivity contribution in [2.24, 2.45) is 4.99 Å². The van der Waals surface area contributed by atoms with Gasteiger partial charge >= 0.3 is 0 Å². The molecule has 0 radical (unpaired) electrons. The van der Waals surface area contributed by atoms with Crippen LogP contribution in [0.4, 0.5) is 0 Å². The molecule has 0 aliphatic rings. The van der Waals surface area contributed by atoms with Gasteiger partial charge in [-0.25, -0.2) is 0 Å². The maximum absolute atomic E-state index is 5.98. The fourth-order valence-electron chi connectivity index (χ4n) is 2.13. The number of guanidine groups is 1. The van der Waals surface area contributed by atoms with Crippen LogP contribution in [0, 0.1) is 0 Å². The first kappa shape index (κ1) is 19.2. The number of aliphatic imine (C=N–C) groups is 1. The lowest BCUT2D eigenvalue weighted by molar-refractivity contribution is 0.143. The summed E-state index contributed by atoms with van der Waals surface area (Å²) in [5, 5.41) is 11.0. The fraction of sp³-hybridized carbons (Fsp3) is 0.471. The van der Waals surface area contributed by atoms with Crippen molar-refractivity contribution in [1.82, 2.24) is 20.8 Å². The predicted octanol–water partition coefficient (Wildman–Crippen LogP) is 2.87. The highest BCUT2D eigenvalue weighted by atomic mass is 35.5. The van der Waals surface area contributed by atoms with Gasteiger partial charge in [0.1, 0.15) is 0 Å². The number of rotatable bonds is 9. The van der Waals surface area contributed by atoms with Gasteiger partial charge < -0.3 is 19.9 Å². The second kappa shape index (κ2) is 10.7. The van der Waals surface area contributed by atoms with Crippen molar-refractivity contribution in [2.45, 2.75) is 26.3 Å². The van der Waals surface area contributed by atoms with Gasteiger partial charge in [-0.05, 0) is 31.9 Å². The monoisotopic (exact) mass is 365 g/mol. The Bertz CT molecular complexity index is 675. The molecule has 0 saturated carbocycles. The standard InChI is InChI=1S/C17H24ClN5O2/c1-3-24-10-5-4-9-20-17(19-2)21-12-15-22-16(23-25-15)13-7-6-8-14(18)11-13/h6-8,11H,3-5,9-10,12H2,1-2H3,(H2,19,20,21). The number of ether oxygens (including phenoxy) is 1. The molecule has 0 atom stereocenters. The average Bonchev–Trinajstić information content (AvgIpc) is 3.09. The molecular formula is C17H24ClN5O2. The van der Waals surface area contributed by atoms with E-state index in [0.29, 0.717) is 29.2 Å². The first-order valence-electron chi connectivity index (χ1n) is 8.33. The molecule has 2 aromatic rings. The van der Waals surface area contributed by atoms with Crippen LogP contribution in [0.15, 0.2) is 33.8 Å². The Morgan fingerprint density at radius 1 is 1.32 bits per heavy atom. The van der Waals surface area contributed by atoms with Crippen molar-refractivity contribution < 1.29 is 9.26 Å². The van der Waals surface area contributed by atoms with Gasteiger partial charge in [0, 0.05) is 37.4 Å². The maximum atomic E-state index is 5.98. The molecule has 0 amide bonds. The summed E-state index contributed by atoms with van der Waals surface area (Å²) in [5.74, 6) is 1.69. The van der Waals surface area contributed by atoms with E-state index in [1.54, 1.807) is 19.2 Å². The summed E-state index contributed by atoms with van der Waals surface area (Å²) < 4.78 is 10.6. The molecule has 0 fully saturated rings. The molecule has 136 valence electrons. The number of hydrogen-bond acceptors (Lipinski definition) is 5. The third kappa shape index (κ3) is 6.72. The summed E-state index contributed by atoms with van der Waals surface area (Å²) >= 11 is 5.98. The second-order valence-electron chi connectivity index (χ2n) is 5.28. The Morgan fingerprint density at radius 2 is 2.20 bits per heavy atom. The molecule has 0 aliphatic carbocycles.